The number of rotatable bonds is 2. The monoisotopic (exact) mass is 242 g/mol. The Morgan fingerprint density at radius 2 is 2.11 bits per heavy atom. The average molecular weight is 242 g/mol. The van der Waals surface area contributed by atoms with E-state index in [1.807, 2.05) is 24.3 Å². The number of fused-ring (bicyclic) bond motifs is 1. The van der Waals surface area contributed by atoms with Crippen molar-refractivity contribution in [3.05, 3.63) is 36.5 Å². The third-order valence-corrected chi connectivity index (χ3v) is 3.45. The van der Waals surface area contributed by atoms with Crippen LogP contribution in [0.2, 0.25) is 0 Å². The molecular formula is C15H16NO2. The summed E-state index contributed by atoms with van der Waals surface area (Å²) in [6.07, 6.45) is 5.32. The SMILES string of the molecule is OC1CCC(Oc2[c]cc3cccnc3c2)CC1. The Balaban J connectivity index is 1.74. The molecule has 0 bridgehead atoms. The Labute approximate surface area is 106 Å². The quantitative estimate of drug-likeness (QED) is 0.880. The lowest BCUT2D eigenvalue weighted by molar-refractivity contribution is 0.0665. The van der Waals surface area contributed by atoms with Crippen LogP contribution in [0.15, 0.2) is 30.5 Å². The Hall–Kier alpha value is -1.61. The topological polar surface area (TPSA) is 42.4 Å². The molecule has 1 aromatic heterocycles. The molecule has 93 valence electrons. The van der Waals surface area contributed by atoms with Crippen molar-refractivity contribution in [1.29, 1.82) is 0 Å². The summed E-state index contributed by atoms with van der Waals surface area (Å²) in [5.41, 5.74) is 0.932. The highest BCUT2D eigenvalue weighted by molar-refractivity contribution is 5.79. The van der Waals surface area contributed by atoms with E-state index in [1.165, 1.54) is 0 Å². The molecule has 1 saturated carbocycles. The van der Waals surface area contributed by atoms with Crippen molar-refractivity contribution in [3.8, 4) is 5.75 Å². The van der Waals surface area contributed by atoms with Crippen LogP contribution in [0, 0.1) is 6.07 Å². The third kappa shape index (κ3) is 2.46. The van der Waals surface area contributed by atoms with Crippen LogP contribution in [0.25, 0.3) is 10.9 Å². The summed E-state index contributed by atoms with van der Waals surface area (Å²) in [7, 11) is 0. The van der Waals surface area contributed by atoms with Gasteiger partial charge in [-0.25, -0.2) is 0 Å². The van der Waals surface area contributed by atoms with Crippen molar-refractivity contribution in [2.24, 2.45) is 0 Å². The van der Waals surface area contributed by atoms with Crippen molar-refractivity contribution >= 4 is 10.9 Å². The standard InChI is InChI=1S/C15H16NO2/c17-12-4-7-13(8-5-12)18-14-6-3-11-2-1-9-16-15(11)10-14/h1-3,9-10,12-13,17H,4-5,7-8H2. The van der Waals surface area contributed by atoms with Crippen molar-refractivity contribution in [1.82, 2.24) is 4.98 Å². The number of aliphatic hydroxyl groups is 1. The van der Waals surface area contributed by atoms with Crippen LogP contribution in [0.4, 0.5) is 0 Å². The number of hydrogen-bond donors (Lipinski definition) is 1. The summed E-state index contributed by atoms with van der Waals surface area (Å²) in [4.78, 5) is 4.31. The molecular weight excluding hydrogens is 226 g/mol. The molecule has 1 heterocycles. The lowest BCUT2D eigenvalue weighted by Gasteiger charge is -2.26. The van der Waals surface area contributed by atoms with Crippen LogP contribution >= 0.6 is 0 Å². The lowest BCUT2D eigenvalue weighted by Crippen LogP contribution is -2.26. The molecule has 1 fully saturated rings. The number of hydrogen-bond acceptors (Lipinski definition) is 3. The van der Waals surface area contributed by atoms with Crippen LogP contribution in [0.3, 0.4) is 0 Å². The molecule has 0 saturated heterocycles. The van der Waals surface area contributed by atoms with Gasteiger partial charge in [-0.05, 0) is 37.8 Å². The minimum absolute atomic E-state index is 0.146. The summed E-state index contributed by atoms with van der Waals surface area (Å²) in [5, 5.41) is 10.5. The van der Waals surface area contributed by atoms with Gasteiger partial charge in [-0.3, -0.25) is 4.98 Å². The fourth-order valence-electron chi connectivity index (χ4n) is 2.40. The Bertz CT molecular complexity index is 533. The number of nitrogens with zero attached hydrogens (tertiary/aromatic N) is 1. The number of ether oxygens (including phenoxy) is 1. The van der Waals surface area contributed by atoms with Gasteiger partial charge in [-0.1, -0.05) is 6.07 Å². The first kappa shape index (κ1) is 11.5. The van der Waals surface area contributed by atoms with Crippen LogP contribution in [-0.4, -0.2) is 22.3 Å². The molecule has 18 heavy (non-hydrogen) atoms. The van der Waals surface area contributed by atoms with Gasteiger partial charge in [0.2, 0.25) is 0 Å². The van der Waals surface area contributed by atoms with Crippen LogP contribution in [0.5, 0.6) is 5.75 Å². The predicted molar refractivity (Wildman–Crippen MR) is 69.5 cm³/mol. The summed E-state index contributed by atoms with van der Waals surface area (Å²) < 4.78 is 5.91. The molecule has 0 amide bonds. The minimum Gasteiger partial charge on any atom is -0.490 e. The molecule has 3 heteroatoms. The molecule has 3 rings (SSSR count). The molecule has 0 unspecified atom stereocenters. The molecule has 0 atom stereocenters. The van der Waals surface area contributed by atoms with E-state index in [2.05, 4.69) is 11.1 Å². The maximum atomic E-state index is 9.46. The van der Waals surface area contributed by atoms with E-state index >= 15 is 0 Å². The second-order valence-corrected chi connectivity index (χ2v) is 4.82. The van der Waals surface area contributed by atoms with Gasteiger partial charge in [0.1, 0.15) is 5.75 Å². The highest BCUT2D eigenvalue weighted by Gasteiger charge is 2.20. The number of aromatic nitrogens is 1. The molecule has 2 aromatic rings. The van der Waals surface area contributed by atoms with Crippen LogP contribution < -0.4 is 4.74 Å². The van der Waals surface area contributed by atoms with E-state index in [0.29, 0.717) is 0 Å². The van der Waals surface area contributed by atoms with E-state index in [-0.39, 0.29) is 12.2 Å². The lowest BCUT2D eigenvalue weighted by atomic mass is 9.95. The highest BCUT2D eigenvalue weighted by atomic mass is 16.5. The van der Waals surface area contributed by atoms with Gasteiger partial charge in [-0.15, -0.1) is 0 Å². The summed E-state index contributed by atoms with van der Waals surface area (Å²) >= 11 is 0. The minimum atomic E-state index is -0.146. The van der Waals surface area contributed by atoms with E-state index in [1.54, 1.807) is 6.20 Å². The zero-order valence-electron chi connectivity index (χ0n) is 10.2. The van der Waals surface area contributed by atoms with Gasteiger partial charge >= 0.3 is 0 Å². The second kappa shape index (κ2) is 4.94. The molecule has 1 radical (unpaired) electrons. The maximum Gasteiger partial charge on any atom is 0.129 e. The third-order valence-electron chi connectivity index (χ3n) is 3.45. The summed E-state index contributed by atoms with van der Waals surface area (Å²) in [5.74, 6) is 0.752. The zero-order valence-corrected chi connectivity index (χ0v) is 10.2. The van der Waals surface area contributed by atoms with Gasteiger partial charge in [0.15, 0.2) is 0 Å². The zero-order chi connectivity index (χ0) is 12.4. The predicted octanol–water partition coefficient (Wildman–Crippen LogP) is 2.72. The Morgan fingerprint density at radius 3 is 2.94 bits per heavy atom. The van der Waals surface area contributed by atoms with Crippen molar-refractivity contribution in [3.63, 3.8) is 0 Å². The van der Waals surface area contributed by atoms with Gasteiger partial charge in [-0.2, -0.15) is 0 Å². The average Bonchev–Trinajstić information content (AvgIpc) is 2.41. The largest absolute Gasteiger partial charge is 0.490 e. The first-order chi connectivity index (χ1) is 8.81. The van der Waals surface area contributed by atoms with E-state index in [9.17, 15) is 5.11 Å². The van der Waals surface area contributed by atoms with Gasteiger partial charge in [0.05, 0.1) is 17.7 Å². The summed E-state index contributed by atoms with van der Waals surface area (Å²) in [6.45, 7) is 0. The van der Waals surface area contributed by atoms with E-state index < -0.39 is 0 Å². The fourth-order valence-corrected chi connectivity index (χ4v) is 2.40. The van der Waals surface area contributed by atoms with E-state index in [4.69, 9.17) is 4.74 Å². The van der Waals surface area contributed by atoms with Crippen LogP contribution in [0.1, 0.15) is 25.7 Å². The highest BCUT2D eigenvalue weighted by Crippen LogP contribution is 2.25. The molecule has 3 nitrogen and oxygen atoms in total. The molecule has 1 aliphatic carbocycles. The van der Waals surface area contributed by atoms with Crippen molar-refractivity contribution < 1.29 is 9.84 Å². The fraction of sp³-hybridized carbons (Fsp3) is 0.400. The van der Waals surface area contributed by atoms with Gasteiger partial charge in [0.25, 0.3) is 0 Å². The first-order valence-corrected chi connectivity index (χ1v) is 6.42. The van der Waals surface area contributed by atoms with Gasteiger partial charge < -0.3 is 9.84 Å². The molecule has 0 aliphatic heterocycles. The second-order valence-electron chi connectivity index (χ2n) is 4.82. The Morgan fingerprint density at radius 1 is 1.28 bits per heavy atom. The smallest absolute Gasteiger partial charge is 0.129 e. The molecule has 1 aliphatic rings. The number of benzene rings is 1. The first-order valence-electron chi connectivity index (χ1n) is 6.42. The summed E-state index contributed by atoms with van der Waals surface area (Å²) in [6, 6.07) is 10.9. The maximum absolute atomic E-state index is 9.46. The number of pyridine rings is 1. The Kier molecular flexibility index (Phi) is 3.15. The van der Waals surface area contributed by atoms with Crippen molar-refractivity contribution in [2.45, 2.75) is 37.9 Å². The van der Waals surface area contributed by atoms with Crippen molar-refractivity contribution in [2.75, 3.05) is 0 Å². The number of aliphatic hydroxyl groups excluding tert-OH is 1. The van der Waals surface area contributed by atoms with E-state index in [0.717, 1.165) is 42.3 Å². The molecule has 0 spiro atoms. The van der Waals surface area contributed by atoms with Crippen LogP contribution in [-0.2, 0) is 0 Å². The molecule has 1 aromatic carbocycles. The normalized spacial score (nSPS) is 24.1. The molecule has 1 N–H and O–H groups in total. The van der Waals surface area contributed by atoms with Gasteiger partial charge in [0, 0.05) is 23.7 Å².